The van der Waals surface area contributed by atoms with Crippen molar-refractivity contribution in [1.29, 1.82) is 0 Å². The number of rotatable bonds is 2. The quantitative estimate of drug-likeness (QED) is 0.828. The van der Waals surface area contributed by atoms with Crippen LogP contribution in [0.4, 0.5) is 15.8 Å². The van der Waals surface area contributed by atoms with Gasteiger partial charge in [0, 0.05) is 15.8 Å². The zero-order valence-corrected chi connectivity index (χ0v) is 11.8. The van der Waals surface area contributed by atoms with Gasteiger partial charge in [0.25, 0.3) is 5.91 Å². The van der Waals surface area contributed by atoms with E-state index in [2.05, 4.69) is 21.2 Å². The van der Waals surface area contributed by atoms with Gasteiger partial charge in [0.2, 0.25) is 0 Å². The molecular formula is C14H12BrFN2O. The van der Waals surface area contributed by atoms with Gasteiger partial charge in [0.1, 0.15) is 5.82 Å². The highest BCUT2D eigenvalue weighted by Gasteiger charge is 2.13. The van der Waals surface area contributed by atoms with E-state index in [0.29, 0.717) is 15.8 Å². The number of halogens is 2. The molecule has 5 heteroatoms. The SMILES string of the molecule is Cc1c(N)cccc1NC(=O)c1ccc(Br)cc1F. The first-order valence-corrected chi connectivity index (χ1v) is 6.40. The number of anilines is 2. The Hall–Kier alpha value is -1.88. The monoisotopic (exact) mass is 322 g/mol. The van der Waals surface area contributed by atoms with Crippen LogP contribution in [0.3, 0.4) is 0 Å². The van der Waals surface area contributed by atoms with Crippen molar-refractivity contribution in [2.24, 2.45) is 0 Å². The number of carbonyl (C=O) groups excluding carboxylic acids is 1. The third-order valence-corrected chi connectivity index (χ3v) is 3.29. The summed E-state index contributed by atoms with van der Waals surface area (Å²) in [7, 11) is 0. The van der Waals surface area contributed by atoms with Crippen LogP contribution in [0.2, 0.25) is 0 Å². The first-order chi connectivity index (χ1) is 8.99. The summed E-state index contributed by atoms with van der Waals surface area (Å²) in [6.45, 7) is 1.79. The van der Waals surface area contributed by atoms with Crippen LogP contribution in [0.15, 0.2) is 40.9 Å². The number of benzene rings is 2. The average molecular weight is 323 g/mol. The van der Waals surface area contributed by atoms with Gasteiger partial charge in [0.15, 0.2) is 0 Å². The molecule has 19 heavy (non-hydrogen) atoms. The topological polar surface area (TPSA) is 55.1 Å². The van der Waals surface area contributed by atoms with Crippen molar-refractivity contribution in [3.05, 3.63) is 57.8 Å². The molecule has 98 valence electrons. The van der Waals surface area contributed by atoms with Gasteiger partial charge in [-0.3, -0.25) is 4.79 Å². The number of amides is 1. The van der Waals surface area contributed by atoms with Gasteiger partial charge in [0.05, 0.1) is 5.56 Å². The first kappa shape index (κ1) is 13.5. The van der Waals surface area contributed by atoms with Crippen LogP contribution in [0.5, 0.6) is 0 Å². The Morgan fingerprint density at radius 2 is 2.05 bits per heavy atom. The zero-order valence-electron chi connectivity index (χ0n) is 10.2. The largest absolute Gasteiger partial charge is 0.398 e. The van der Waals surface area contributed by atoms with E-state index < -0.39 is 11.7 Å². The molecule has 0 aliphatic carbocycles. The molecule has 3 N–H and O–H groups in total. The third kappa shape index (κ3) is 2.93. The predicted octanol–water partition coefficient (Wildman–Crippen LogP) is 3.73. The highest BCUT2D eigenvalue weighted by molar-refractivity contribution is 9.10. The summed E-state index contributed by atoms with van der Waals surface area (Å²) in [6.07, 6.45) is 0. The van der Waals surface area contributed by atoms with Gasteiger partial charge in [-0.1, -0.05) is 22.0 Å². The minimum atomic E-state index is -0.576. The maximum absolute atomic E-state index is 13.7. The lowest BCUT2D eigenvalue weighted by Gasteiger charge is -2.10. The second-order valence-corrected chi connectivity index (χ2v) is 5.01. The van der Waals surface area contributed by atoms with Crippen molar-refractivity contribution in [3.8, 4) is 0 Å². The lowest BCUT2D eigenvalue weighted by Crippen LogP contribution is -2.14. The van der Waals surface area contributed by atoms with Crippen LogP contribution in [-0.2, 0) is 0 Å². The summed E-state index contributed by atoms with van der Waals surface area (Å²) >= 11 is 3.15. The number of hydrogen-bond acceptors (Lipinski definition) is 2. The molecule has 2 rings (SSSR count). The second-order valence-electron chi connectivity index (χ2n) is 4.10. The standard InChI is InChI=1S/C14H12BrFN2O/c1-8-12(17)3-2-4-13(8)18-14(19)10-6-5-9(15)7-11(10)16/h2-7H,17H2,1H3,(H,18,19). The van der Waals surface area contributed by atoms with Crippen molar-refractivity contribution in [1.82, 2.24) is 0 Å². The van der Waals surface area contributed by atoms with Crippen LogP contribution in [0.1, 0.15) is 15.9 Å². The molecule has 0 unspecified atom stereocenters. The van der Waals surface area contributed by atoms with E-state index in [1.54, 1.807) is 31.2 Å². The minimum absolute atomic E-state index is 0.00924. The summed E-state index contributed by atoms with van der Waals surface area (Å²) in [4.78, 5) is 12.0. The summed E-state index contributed by atoms with van der Waals surface area (Å²) in [5, 5.41) is 2.65. The number of hydrogen-bond donors (Lipinski definition) is 2. The summed E-state index contributed by atoms with van der Waals surface area (Å²) < 4.78 is 14.3. The summed E-state index contributed by atoms with van der Waals surface area (Å²) in [6, 6.07) is 9.49. The number of nitrogen functional groups attached to an aromatic ring is 1. The molecule has 0 heterocycles. The molecule has 0 aliphatic heterocycles. The van der Waals surface area contributed by atoms with Crippen molar-refractivity contribution >= 4 is 33.2 Å². The van der Waals surface area contributed by atoms with Crippen LogP contribution in [0, 0.1) is 12.7 Å². The summed E-state index contributed by atoms with van der Waals surface area (Å²) in [5.41, 5.74) is 7.66. The molecule has 0 atom stereocenters. The van der Waals surface area contributed by atoms with Crippen LogP contribution < -0.4 is 11.1 Å². The first-order valence-electron chi connectivity index (χ1n) is 5.60. The van der Waals surface area contributed by atoms with Crippen LogP contribution in [0.25, 0.3) is 0 Å². The van der Waals surface area contributed by atoms with Crippen LogP contribution >= 0.6 is 15.9 Å². The van der Waals surface area contributed by atoms with E-state index in [9.17, 15) is 9.18 Å². The lowest BCUT2D eigenvalue weighted by molar-refractivity contribution is 0.102. The number of nitrogens with one attached hydrogen (secondary N) is 1. The Kier molecular flexibility index (Phi) is 3.85. The fourth-order valence-electron chi connectivity index (χ4n) is 1.65. The molecule has 0 spiro atoms. The predicted molar refractivity (Wildman–Crippen MR) is 77.6 cm³/mol. The third-order valence-electron chi connectivity index (χ3n) is 2.80. The van der Waals surface area contributed by atoms with Gasteiger partial charge in [-0.25, -0.2) is 4.39 Å². The molecule has 2 aromatic rings. The lowest BCUT2D eigenvalue weighted by atomic mass is 10.1. The molecule has 0 bridgehead atoms. The molecule has 0 saturated heterocycles. The highest BCUT2D eigenvalue weighted by atomic mass is 79.9. The molecule has 0 radical (unpaired) electrons. The van der Waals surface area contributed by atoms with Crippen molar-refractivity contribution < 1.29 is 9.18 Å². The molecule has 1 amide bonds. The Balaban J connectivity index is 2.28. The highest BCUT2D eigenvalue weighted by Crippen LogP contribution is 2.22. The van der Waals surface area contributed by atoms with E-state index in [-0.39, 0.29) is 5.56 Å². The minimum Gasteiger partial charge on any atom is -0.398 e. The van der Waals surface area contributed by atoms with E-state index in [1.165, 1.54) is 12.1 Å². The number of nitrogens with two attached hydrogens (primary N) is 1. The van der Waals surface area contributed by atoms with Gasteiger partial charge >= 0.3 is 0 Å². The second kappa shape index (κ2) is 5.40. The van der Waals surface area contributed by atoms with Crippen molar-refractivity contribution in [2.45, 2.75) is 6.92 Å². The summed E-state index contributed by atoms with van der Waals surface area (Å²) in [5.74, 6) is -1.08. The van der Waals surface area contributed by atoms with Gasteiger partial charge < -0.3 is 11.1 Å². The Bertz CT molecular complexity index is 643. The Morgan fingerprint density at radius 1 is 1.32 bits per heavy atom. The molecule has 3 nitrogen and oxygen atoms in total. The molecular weight excluding hydrogens is 311 g/mol. The van der Waals surface area contributed by atoms with Gasteiger partial charge in [-0.15, -0.1) is 0 Å². The van der Waals surface area contributed by atoms with Crippen LogP contribution in [-0.4, -0.2) is 5.91 Å². The van der Waals surface area contributed by atoms with E-state index in [0.717, 1.165) is 5.56 Å². The molecule has 0 aliphatic rings. The number of carbonyl (C=O) groups is 1. The van der Waals surface area contributed by atoms with Gasteiger partial charge in [-0.05, 0) is 42.8 Å². The van der Waals surface area contributed by atoms with Gasteiger partial charge in [-0.2, -0.15) is 0 Å². The molecule has 0 saturated carbocycles. The zero-order chi connectivity index (χ0) is 14.0. The normalized spacial score (nSPS) is 10.3. The average Bonchev–Trinajstić information content (AvgIpc) is 2.34. The molecule has 2 aromatic carbocycles. The van der Waals surface area contributed by atoms with Crippen molar-refractivity contribution in [2.75, 3.05) is 11.1 Å². The molecule has 0 aromatic heterocycles. The fraction of sp³-hybridized carbons (Fsp3) is 0.0714. The maximum Gasteiger partial charge on any atom is 0.258 e. The van der Waals surface area contributed by atoms with Crippen molar-refractivity contribution in [3.63, 3.8) is 0 Å². The Morgan fingerprint density at radius 3 is 2.74 bits per heavy atom. The van der Waals surface area contributed by atoms with E-state index in [4.69, 9.17) is 5.73 Å². The van der Waals surface area contributed by atoms with E-state index in [1.807, 2.05) is 0 Å². The Labute approximate surface area is 118 Å². The van der Waals surface area contributed by atoms with E-state index >= 15 is 0 Å². The molecule has 0 fully saturated rings. The maximum atomic E-state index is 13.7. The fourth-order valence-corrected chi connectivity index (χ4v) is 1.99. The smallest absolute Gasteiger partial charge is 0.258 e.